The second-order valence-corrected chi connectivity index (χ2v) is 4.03. The lowest BCUT2D eigenvalue weighted by atomic mass is 10.1. The molecule has 2 aromatic rings. The summed E-state index contributed by atoms with van der Waals surface area (Å²) in [5.41, 5.74) is 0.510. The van der Waals surface area contributed by atoms with E-state index in [-0.39, 0.29) is 5.78 Å². The molecule has 70 valence electrons. The summed E-state index contributed by atoms with van der Waals surface area (Å²) in [7, 11) is 0. The number of carbonyl (C=O) groups excluding carboxylic acids is 1. The van der Waals surface area contributed by atoms with Crippen LogP contribution in [-0.4, -0.2) is 10.8 Å². The first-order valence-corrected chi connectivity index (χ1v) is 5.02. The van der Waals surface area contributed by atoms with Crippen LogP contribution < -0.4 is 0 Å². The van der Waals surface area contributed by atoms with Gasteiger partial charge in [0.05, 0.1) is 0 Å². The van der Waals surface area contributed by atoms with E-state index < -0.39 is 0 Å². The molecule has 0 atom stereocenters. The highest BCUT2D eigenvalue weighted by atomic mass is 79.9. The predicted octanol–water partition coefficient (Wildman–Crippen LogP) is 3.20. The predicted molar refractivity (Wildman–Crippen MR) is 59.4 cm³/mol. The number of aromatic nitrogens is 1. The van der Waals surface area contributed by atoms with Crippen molar-refractivity contribution in [1.82, 2.24) is 4.98 Å². The monoisotopic (exact) mass is 249 g/mol. The van der Waals surface area contributed by atoms with Crippen molar-refractivity contribution in [3.8, 4) is 0 Å². The number of ketones is 1. The highest BCUT2D eigenvalue weighted by molar-refractivity contribution is 9.10. The van der Waals surface area contributed by atoms with Gasteiger partial charge in [-0.3, -0.25) is 9.78 Å². The number of pyridine rings is 1. The summed E-state index contributed by atoms with van der Waals surface area (Å²) in [4.78, 5) is 15.2. The lowest BCUT2D eigenvalue weighted by molar-refractivity contribution is 0.101. The summed E-state index contributed by atoms with van der Waals surface area (Å²) in [6, 6.07) is 7.71. The van der Waals surface area contributed by atoms with Crippen molar-refractivity contribution in [2.45, 2.75) is 6.92 Å². The molecule has 3 heteroatoms. The molecule has 1 heterocycles. The Hall–Kier alpha value is -1.22. The number of nitrogens with zero attached hydrogens (tertiary/aromatic N) is 1. The highest BCUT2D eigenvalue weighted by Crippen LogP contribution is 2.19. The van der Waals surface area contributed by atoms with E-state index in [1.165, 1.54) is 6.92 Å². The molecule has 0 aliphatic rings. The van der Waals surface area contributed by atoms with E-state index in [1.54, 1.807) is 6.20 Å². The van der Waals surface area contributed by atoms with Gasteiger partial charge in [-0.2, -0.15) is 0 Å². The van der Waals surface area contributed by atoms with Crippen molar-refractivity contribution in [1.29, 1.82) is 0 Å². The molecular weight excluding hydrogens is 242 g/mol. The third-order valence-electron chi connectivity index (χ3n) is 2.04. The molecule has 0 N–H and O–H groups in total. The molecule has 0 fully saturated rings. The Labute approximate surface area is 90.1 Å². The van der Waals surface area contributed by atoms with Crippen LogP contribution >= 0.6 is 15.9 Å². The van der Waals surface area contributed by atoms with Crippen LogP contribution in [0.1, 0.15) is 17.4 Å². The van der Waals surface area contributed by atoms with Gasteiger partial charge in [0.2, 0.25) is 0 Å². The number of hydrogen-bond donors (Lipinski definition) is 0. The topological polar surface area (TPSA) is 30.0 Å². The van der Waals surface area contributed by atoms with Crippen LogP contribution in [-0.2, 0) is 0 Å². The van der Waals surface area contributed by atoms with Gasteiger partial charge in [0.25, 0.3) is 0 Å². The van der Waals surface area contributed by atoms with Gasteiger partial charge >= 0.3 is 0 Å². The molecule has 0 amide bonds. The van der Waals surface area contributed by atoms with E-state index in [2.05, 4.69) is 20.9 Å². The maximum absolute atomic E-state index is 11.1. The molecule has 0 unspecified atom stereocenters. The van der Waals surface area contributed by atoms with Crippen LogP contribution in [0.3, 0.4) is 0 Å². The van der Waals surface area contributed by atoms with Crippen LogP contribution in [0.5, 0.6) is 0 Å². The quantitative estimate of drug-likeness (QED) is 0.727. The minimum Gasteiger partial charge on any atom is -0.293 e. The summed E-state index contributed by atoms with van der Waals surface area (Å²) in [6.07, 6.45) is 1.72. The second kappa shape index (κ2) is 3.50. The number of benzene rings is 1. The Morgan fingerprint density at radius 3 is 2.79 bits per heavy atom. The minimum absolute atomic E-state index is 0.00752. The Morgan fingerprint density at radius 1 is 1.29 bits per heavy atom. The number of halogens is 1. The highest BCUT2D eigenvalue weighted by Gasteiger charge is 2.02. The molecule has 0 aliphatic heterocycles. The molecule has 0 radical (unpaired) electrons. The zero-order chi connectivity index (χ0) is 10.1. The molecule has 1 aromatic carbocycles. The molecule has 14 heavy (non-hydrogen) atoms. The Kier molecular flexibility index (Phi) is 2.33. The molecule has 0 bridgehead atoms. The number of Topliss-reactive ketones (excluding diaryl/α,β-unsaturated/α-hetero) is 1. The summed E-state index contributed by atoms with van der Waals surface area (Å²) >= 11 is 3.39. The first-order valence-electron chi connectivity index (χ1n) is 4.23. The summed E-state index contributed by atoms with van der Waals surface area (Å²) in [6.45, 7) is 1.52. The molecule has 0 spiro atoms. The van der Waals surface area contributed by atoms with Crippen LogP contribution in [0.25, 0.3) is 10.8 Å². The van der Waals surface area contributed by atoms with E-state index in [9.17, 15) is 4.79 Å². The molecule has 0 saturated carbocycles. The number of carbonyl (C=O) groups is 1. The number of hydrogen-bond acceptors (Lipinski definition) is 2. The van der Waals surface area contributed by atoms with E-state index in [0.717, 1.165) is 15.2 Å². The fraction of sp³-hybridized carbons (Fsp3) is 0.0909. The van der Waals surface area contributed by atoms with Gasteiger partial charge < -0.3 is 0 Å². The van der Waals surface area contributed by atoms with Gasteiger partial charge in [0.15, 0.2) is 5.78 Å². The third kappa shape index (κ3) is 1.68. The smallest absolute Gasteiger partial charge is 0.178 e. The molecule has 2 nitrogen and oxygen atoms in total. The minimum atomic E-state index is -0.00752. The standard InChI is InChI=1S/C11H8BrNO/c1-7(14)11-5-9-4-10(12)3-2-8(9)6-13-11/h2-6H,1H3. The molecule has 2 rings (SSSR count). The third-order valence-corrected chi connectivity index (χ3v) is 2.54. The Morgan fingerprint density at radius 2 is 2.07 bits per heavy atom. The molecule has 0 aliphatic carbocycles. The first-order chi connectivity index (χ1) is 6.66. The van der Waals surface area contributed by atoms with Gasteiger partial charge in [0.1, 0.15) is 5.69 Å². The van der Waals surface area contributed by atoms with Gasteiger partial charge in [-0.25, -0.2) is 0 Å². The van der Waals surface area contributed by atoms with Gasteiger partial charge in [-0.05, 0) is 23.6 Å². The molecule has 0 saturated heterocycles. The summed E-state index contributed by atoms with van der Waals surface area (Å²) in [5.74, 6) is -0.00752. The van der Waals surface area contributed by atoms with Crippen molar-refractivity contribution < 1.29 is 4.79 Å². The lowest BCUT2D eigenvalue weighted by Crippen LogP contribution is -1.95. The van der Waals surface area contributed by atoms with Gasteiger partial charge in [-0.15, -0.1) is 0 Å². The van der Waals surface area contributed by atoms with Crippen LogP contribution in [0.2, 0.25) is 0 Å². The van der Waals surface area contributed by atoms with Crippen molar-refractivity contribution >= 4 is 32.5 Å². The fourth-order valence-corrected chi connectivity index (χ4v) is 1.68. The SMILES string of the molecule is CC(=O)c1cc2cc(Br)ccc2cn1. The lowest BCUT2D eigenvalue weighted by Gasteiger charge is -2.00. The van der Waals surface area contributed by atoms with Gasteiger partial charge in [0, 0.05) is 23.0 Å². The van der Waals surface area contributed by atoms with Crippen LogP contribution in [0.15, 0.2) is 34.9 Å². The maximum atomic E-state index is 11.1. The fourth-order valence-electron chi connectivity index (χ4n) is 1.30. The zero-order valence-corrected chi connectivity index (χ0v) is 9.21. The average molecular weight is 250 g/mol. The van der Waals surface area contributed by atoms with Crippen LogP contribution in [0.4, 0.5) is 0 Å². The van der Waals surface area contributed by atoms with Crippen molar-refractivity contribution in [2.75, 3.05) is 0 Å². The Bertz CT molecular complexity index is 508. The van der Waals surface area contributed by atoms with Crippen molar-refractivity contribution in [2.24, 2.45) is 0 Å². The van der Waals surface area contributed by atoms with Crippen molar-refractivity contribution in [3.63, 3.8) is 0 Å². The summed E-state index contributed by atoms with van der Waals surface area (Å²) in [5, 5.41) is 2.07. The molecular formula is C11H8BrNO. The normalized spacial score (nSPS) is 10.4. The second-order valence-electron chi connectivity index (χ2n) is 3.12. The number of rotatable bonds is 1. The van der Waals surface area contributed by atoms with E-state index in [0.29, 0.717) is 5.69 Å². The Balaban J connectivity index is 2.69. The maximum Gasteiger partial charge on any atom is 0.178 e. The molecule has 1 aromatic heterocycles. The van der Waals surface area contributed by atoms with E-state index in [1.807, 2.05) is 24.3 Å². The summed E-state index contributed by atoms with van der Waals surface area (Å²) < 4.78 is 1.01. The van der Waals surface area contributed by atoms with Crippen molar-refractivity contribution in [3.05, 3.63) is 40.6 Å². The largest absolute Gasteiger partial charge is 0.293 e. The van der Waals surface area contributed by atoms with Crippen LogP contribution in [0, 0.1) is 0 Å². The first kappa shape index (κ1) is 9.34. The van der Waals surface area contributed by atoms with E-state index in [4.69, 9.17) is 0 Å². The van der Waals surface area contributed by atoms with Gasteiger partial charge in [-0.1, -0.05) is 22.0 Å². The van der Waals surface area contributed by atoms with E-state index >= 15 is 0 Å². The zero-order valence-electron chi connectivity index (χ0n) is 7.62. The average Bonchev–Trinajstić information content (AvgIpc) is 2.16. The number of fused-ring (bicyclic) bond motifs is 1.